The van der Waals surface area contributed by atoms with Gasteiger partial charge in [0.05, 0.1) is 6.04 Å². The number of hydrogen-bond acceptors (Lipinski definition) is 2. The van der Waals surface area contributed by atoms with E-state index in [1.165, 1.54) is 5.56 Å². The number of carbonyl (C=O) groups is 1. The fraction of sp³-hybridized carbons (Fsp3) is 0.316. The first-order chi connectivity index (χ1) is 10.8. The van der Waals surface area contributed by atoms with Crippen LogP contribution in [0.3, 0.4) is 0 Å². The average molecular weight is 331 g/mol. The van der Waals surface area contributed by atoms with Crippen molar-refractivity contribution in [2.45, 2.75) is 31.8 Å². The second kappa shape index (κ2) is 8.14. The number of nitrogens with one attached hydrogen (secondary N) is 1. The van der Waals surface area contributed by atoms with E-state index < -0.39 is 0 Å². The molecule has 1 fully saturated rings. The Morgan fingerprint density at radius 2 is 1.65 bits per heavy atom. The van der Waals surface area contributed by atoms with Crippen molar-refractivity contribution in [2.24, 2.45) is 0 Å². The number of amides is 1. The first-order valence-electron chi connectivity index (χ1n) is 7.91. The largest absolute Gasteiger partial charge is 0.308 e. The van der Waals surface area contributed by atoms with Gasteiger partial charge in [-0.25, -0.2) is 0 Å². The van der Waals surface area contributed by atoms with Gasteiger partial charge in [-0.2, -0.15) is 0 Å². The number of nitrogens with zero attached hydrogens (tertiary/aromatic N) is 1. The molecule has 3 rings (SSSR count). The number of para-hydroxylation sites is 1. The van der Waals surface area contributed by atoms with Gasteiger partial charge in [0, 0.05) is 11.7 Å². The summed E-state index contributed by atoms with van der Waals surface area (Å²) in [4.78, 5) is 14.5. The molecule has 2 aromatic carbocycles. The minimum Gasteiger partial charge on any atom is -0.308 e. The summed E-state index contributed by atoms with van der Waals surface area (Å²) in [6.07, 6.45) is 1.81. The zero-order valence-corrected chi connectivity index (χ0v) is 14.1. The molecule has 1 amide bonds. The summed E-state index contributed by atoms with van der Waals surface area (Å²) < 4.78 is 0. The summed E-state index contributed by atoms with van der Waals surface area (Å²) in [6.45, 7) is 2.94. The molecule has 0 aromatic heterocycles. The Morgan fingerprint density at radius 1 is 1.04 bits per heavy atom. The minimum absolute atomic E-state index is 0. The smallest absolute Gasteiger partial charge is 0.244 e. The molecular formula is C19H23ClN2O. The van der Waals surface area contributed by atoms with E-state index >= 15 is 0 Å². The molecule has 1 saturated heterocycles. The van der Waals surface area contributed by atoms with Gasteiger partial charge in [-0.05, 0) is 44.0 Å². The van der Waals surface area contributed by atoms with Crippen molar-refractivity contribution in [3.63, 3.8) is 0 Å². The van der Waals surface area contributed by atoms with E-state index in [9.17, 15) is 4.79 Å². The zero-order valence-electron chi connectivity index (χ0n) is 13.3. The Morgan fingerprint density at radius 3 is 2.30 bits per heavy atom. The van der Waals surface area contributed by atoms with Crippen molar-refractivity contribution in [3.8, 4) is 0 Å². The summed E-state index contributed by atoms with van der Waals surface area (Å²) in [7, 11) is 0. The molecule has 1 heterocycles. The maximum Gasteiger partial charge on any atom is 0.244 e. The lowest BCUT2D eigenvalue weighted by atomic mass is 10.1. The van der Waals surface area contributed by atoms with E-state index in [-0.39, 0.29) is 30.4 Å². The number of benzene rings is 2. The standard InChI is InChI=1S/C19H22N2O.ClH/c1-15-14-18(20-13-12-16-8-4-2-5-9-16)19(22)21(15)17-10-6-3-7-11-17;/h2-11,15,18,20H,12-14H2,1H3;1H/t15-,18+;/m1./s1. The van der Waals surface area contributed by atoms with Crippen LogP contribution in [-0.2, 0) is 11.2 Å². The molecule has 23 heavy (non-hydrogen) atoms. The van der Waals surface area contributed by atoms with Crippen molar-refractivity contribution in [2.75, 3.05) is 11.4 Å². The number of hydrogen-bond donors (Lipinski definition) is 1. The Bertz CT molecular complexity index is 618. The predicted molar refractivity (Wildman–Crippen MR) is 97.2 cm³/mol. The van der Waals surface area contributed by atoms with E-state index in [2.05, 4.69) is 36.5 Å². The fourth-order valence-electron chi connectivity index (χ4n) is 3.11. The second-order valence-electron chi connectivity index (χ2n) is 5.87. The normalized spacial score (nSPS) is 20.4. The third kappa shape index (κ3) is 4.12. The van der Waals surface area contributed by atoms with Crippen molar-refractivity contribution in [1.29, 1.82) is 0 Å². The van der Waals surface area contributed by atoms with Crippen molar-refractivity contribution in [3.05, 3.63) is 66.2 Å². The number of halogens is 1. The second-order valence-corrected chi connectivity index (χ2v) is 5.87. The van der Waals surface area contributed by atoms with Crippen molar-refractivity contribution >= 4 is 24.0 Å². The molecule has 0 spiro atoms. The Kier molecular flexibility index (Phi) is 6.20. The summed E-state index contributed by atoms with van der Waals surface area (Å²) in [5.74, 6) is 0.187. The maximum absolute atomic E-state index is 12.6. The summed E-state index contributed by atoms with van der Waals surface area (Å²) in [5.41, 5.74) is 2.29. The van der Waals surface area contributed by atoms with Crippen molar-refractivity contribution in [1.82, 2.24) is 5.32 Å². The van der Waals surface area contributed by atoms with Gasteiger partial charge in [-0.1, -0.05) is 48.5 Å². The van der Waals surface area contributed by atoms with Crippen LogP contribution in [0.4, 0.5) is 5.69 Å². The molecule has 0 saturated carbocycles. The lowest BCUT2D eigenvalue weighted by Crippen LogP contribution is -2.39. The third-order valence-corrected chi connectivity index (χ3v) is 4.23. The lowest BCUT2D eigenvalue weighted by molar-refractivity contribution is -0.118. The SMILES string of the molecule is C[C@@H]1C[C@H](NCCc2ccccc2)C(=O)N1c1ccccc1.Cl. The first kappa shape index (κ1) is 17.5. The molecule has 1 aliphatic rings. The predicted octanol–water partition coefficient (Wildman–Crippen LogP) is 3.43. The molecule has 0 bridgehead atoms. The Hall–Kier alpha value is -1.84. The molecule has 2 atom stereocenters. The highest BCUT2D eigenvalue weighted by molar-refractivity contribution is 6.00. The van der Waals surface area contributed by atoms with Crippen LogP contribution in [0.15, 0.2) is 60.7 Å². The van der Waals surface area contributed by atoms with E-state index in [1.54, 1.807) is 0 Å². The van der Waals surface area contributed by atoms with Gasteiger partial charge in [0.15, 0.2) is 0 Å². The van der Waals surface area contributed by atoms with Gasteiger partial charge >= 0.3 is 0 Å². The zero-order chi connectivity index (χ0) is 15.4. The monoisotopic (exact) mass is 330 g/mol. The molecule has 0 unspecified atom stereocenters. The van der Waals surface area contributed by atoms with Crippen LogP contribution < -0.4 is 10.2 Å². The Labute approximate surface area is 144 Å². The Balaban J connectivity index is 0.00000192. The van der Waals surface area contributed by atoms with Gasteiger partial charge < -0.3 is 10.2 Å². The van der Waals surface area contributed by atoms with Crippen LogP contribution in [0.1, 0.15) is 18.9 Å². The highest BCUT2D eigenvalue weighted by Crippen LogP contribution is 2.26. The van der Waals surface area contributed by atoms with Crippen molar-refractivity contribution < 1.29 is 4.79 Å². The number of carbonyl (C=O) groups excluding carboxylic acids is 1. The van der Waals surface area contributed by atoms with Gasteiger partial charge in [0.25, 0.3) is 0 Å². The molecule has 0 radical (unpaired) electrons. The third-order valence-electron chi connectivity index (χ3n) is 4.23. The first-order valence-corrected chi connectivity index (χ1v) is 7.91. The molecule has 122 valence electrons. The van der Waals surface area contributed by atoms with E-state index in [4.69, 9.17) is 0 Å². The van der Waals surface area contributed by atoms with Crippen LogP contribution in [0, 0.1) is 0 Å². The summed E-state index contributed by atoms with van der Waals surface area (Å²) >= 11 is 0. The molecule has 0 aliphatic carbocycles. The van der Waals surface area contributed by atoms with Crippen LogP contribution >= 0.6 is 12.4 Å². The van der Waals surface area contributed by atoms with Gasteiger partial charge in [-0.3, -0.25) is 4.79 Å². The highest BCUT2D eigenvalue weighted by Gasteiger charge is 2.37. The van der Waals surface area contributed by atoms with Crippen LogP contribution in [-0.4, -0.2) is 24.5 Å². The van der Waals surface area contributed by atoms with Crippen LogP contribution in [0.5, 0.6) is 0 Å². The number of anilines is 1. The summed E-state index contributed by atoms with van der Waals surface area (Å²) in [6, 6.07) is 20.5. The quantitative estimate of drug-likeness (QED) is 0.911. The van der Waals surface area contributed by atoms with E-state index in [1.807, 2.05) is 41.3 Å². The van der Waals surface area contributed by atoms with E-state index in [0.29, 0.717) is 0 Å². The highest BCUT2D eigenvalue weighted by atomic mass is 35.5. The fourth-order valence-corrected chi connectivity index (χ4v) is 3.11. The average Bonchev–Trinajstić information content (AvgIpc) is 2.83. The minimum atomic E-state index is -0.0704. The molecule has 4 heteroatoms. The summed E-state index contributed by atoms with van der Waals surface area (Å²) in [5, 5.41) is 3.42. The van der Waals surface area contributed by atoms with Crippen LogP contribution in [0.2, 0.25) is 0 Å². The van der Waals surface area contributed by atoms with Crippen LogP contribution in [0.25, 0.3) is 0 Å². The topological polar surface area (TPSA) is 32.3 Å². The number of rotatable bonds is 5. The maximum atomic E-state index is 12.6. The van der Waals surface area contributed by atoms with Gasteiger partial charge in [0.2, 0.25) is 5.91 Å². The van der Waals surface area contributed by atoms with Gasteiger partial charge in [-0.15, -0.1) is 12.4 Å². The molecular weight excluding hydrogens is 308 g/mol. The molecule has 1 aliphatic heterocycles. The molecule has 3 nitrogen and oxygen atoms in total. The molecule has 1 N–H and O–H groups in total. The lowest BCUT2D eigenvalue weighted by Gasteiger charge is -2.21. The van der Waals surface area contributed by atoms with Gasteiger partial charge in [0.1, 0.15) is 0 Å². The van der Waals surface area contributed by atoms with E-state index in [0.717, 1.165) is 25.1 Å². The molecule has 2 aromatic rings.